The molecule has 0 aromatic carbocycles. The predicted octanol–water partition coefficient (Wildman–Crippen LogP) is 2.44. The van der Waals surface area contributed by atoms with E-state index in [-0.39, 0.29) is 11.7 Å². The third-order valence-electron chi connectivity index (χ3n) is 2.79. The van der Waals surface area contributed by atoms with E-state index in [9.17, 15) is 4.79 Å². The van der Waals surface area contributed by atoms with Crippen molar-refractivity contribution < 1.29 is 9.90 Å². The summed E-state index contributed by atoms with van der Waals surface area (Å²) in [5, 5.41) is 8.80. The van der Waals surface area contributed by atoms with Crippen molar-refractivity contribution in [2.24, 2.45) is 0 Å². The molecule has 19 heavy (non-hydrogen) atoms. The van der Waals surface area contributed by atoms with E-state index in [1.54, 1.807) is 11.8 Å². The number of aryl methyl sites for hydroxylation is 2. The summed E-state index contributed by atoms with van der Waals surface area (Å²) in [7, 11) is 0. The van der Waals surface area contributed by atoms with Crippen LogP contribution < -0.4 is 0 Å². The second-order valence-corrected chi connectivity index (χ2v) is 6.09. The van der Waals surface area contributed by atoms with Gasteiger partial charge in [-0.1, -0.05) is 6.92 Å². The van der Waals surface area contributed by atoms with E-state index < -0.39 is 5.97 Å². The van der Waals surface area contributed by atoms with Crippen molar-refractivity contribution in [1.29, 1.82) is 0 Å². The number of imidazole rings is 1. The fraction of sp³-hybridized carbons (Fsp3) is 0.462. The Morgan fingerprint density at radius 1 is 1.47 bits per heavy atom. The molecule has 0 saturated carbocycles. The predicted molar refractivity (Wildman–Crippen MR) is 75.5 cm³/mol. The van der Waals surface area contributed by atoms with E-state index in [2.05, 4.69) is 9.97 Å². The monoisotopic (exact) mass is 279 g/mol. The summed E-state index contributed by atoms with van der Waals surface area (Å²) in [6, 6.07) is 2.01. The summed E-state index contributed by atoms with van der Waals surface area (Å²) in [5.74, 6) is 0.651. The highest BCUT2D eigenvalue weighted by molar-refractivity contribution is 7.99. The van der Waals surface area contributed by atoms with Gasteiger partial charge in [0.05, 0.1) is 12.1 Å². The van der Waals surface area contributed by atoms with Gasteiger partial charge in [0.25, 0.3) is 0 Å². The first-order valence-electron chi connectivity index (χ1n) is 6.11. The maximum atomic E-state index is 10.6. The fourth-order valence-corrected chi connectivity index (χ4v) is 2.78. The molecule has 0 bridgehead atoms. The van der Waals surface area contributed by atoms with Gasteiger partial charge in [-0.25, -0.2) is 9.97 Å². The standard InChI is InChI=1S/C13H17N3O2S/c1-8-4-9(2)16-6-11(15-13(16)14-8)7-19-10(3)5-12(17)18/h4,6,10H,5,7H2,1-3H3,(H,17,18). The van der Waals surface area contributed by atoms with Crippen LogP contribution in [0.3, 0.4) is 0 Å². The second-order valence-electron chi connectivity index (χ2n) is 4.66. The topological polar surface area (TPSA) is 67.5 Å². The highest BCUT2D eigenvalue weighted by Gasteiger charge is 2.10. The Morgan fingerprint density at radius 2 is 2.21 bits per heavy atom. The summed E-state index contributed by atoms with van der Waals surface area (Å²) in [6.45, 7) is 5.89. The highest BCUT2D eigenvalue weighted by Crippen LogP contribution is 2.20. The lowest BCUT2D eigenvalue weighted by molar-refractivity contribution is -0.136. The molecule has 102 valence electrons. The number of rotatable bonds is 5. The summed E-state index contributed by atoms with van der Waals surface area (Å²) < 4.78 is 1.96. The number of carbonyl (C=O) groups is 1. The van der Waals surface area contributed by atoms with Crippen molar-refractivity contribution in [3.63, 3.8) is 0 Å². The number of aromatic nitrogens is 3. The van der Waals surface area contributed by atoms with Crippen LogP contribution in [0, 0.1) is 13.8 Å². The van der Waals surface area contributed by atoms with Crippen LogP contribution >= 0.6 is 11.8 Å². The maximum absolute atomic E-state index is 10.6. The molecule has 0 radical (unpaired) electrons. The first-order valence-corrected chi connectivity index (χ1v) is 7.16. The van der Waals surface area contributed by atoms with Crippen molar-refractivity contribution in [2.75, 3.05) is 0 Å². The number of carboxylic acid groups (broad SMARTS) is 1. The van der Waals surface area contributed by atoms with Crippen LogP contribution in [0.5, 0.6) is 0 Å². The molecule has 0 spiro atoms. The number of nitrogens with zero attached hydrogens (tertiary/aromatic N) is 3. The van der Waals surface area contributed by atoms with Gasteiger partial charge in [-0.3, -0.25) is 9.20 Å². The molecular weight excluding hydrogens is 262 g/mol. The summed E-state index contributed by atoms with van der Waals surface area (Å²) in [6.07, 6.45) is 2.14. The highest BCUT2D eigenvalue weighted by atomic mass is 32.2. The Hall–Kier alpha value is -1.56. The van der Waals surface area contributed by atoms with Crippen LogP contribution in [-0.2, 0) is 10.5 Å². The summed E-state index contributed by atoms with van der Waals surface area (Å²) >= 11 is 1.60. The molecule has 2 heterocycles. The molecule has 0 aliphatic carbocycles. The lowest BCUT2D eigenvalue weighted by atomic mass is 10.3. The number of carboxylic acids is 1. The zero-order chi connectivity index (χ0) is 14.0. The smallest absolute Gasteiger partial charge is 0.304 e. The van der Waals surface area contributed by atoms with Crippen molar-refractivity contribution in [2.45, 2.75) is 38.2 Å². The Morgan fingerprint density at radius 3 is 2.89 bits per heavy atom. The molecule has 0 amide bonds. The normalized spacial score (nSPS) is 12.8. The van der Waals surface area contributed by atoms with E-state index in [0.29, 0.717) is 11.5 Å². The van der Waals surface area contributed by atoms with Gasteiger partial charge in [-0.15, -0.1) is 0 Å². The van der Waals surface area contributed by atoms with Crippen LogP contribution in [0.15, 0.2) is 12.3 Å². The summed E-state index contributed by atoms with van der Waals surface area (Å²) in [5.41, 5.74) is 2.99. The van der Waals surface area contributed by atoms with Crippen LogP contribution in [0.1, 0.15) is 30.4 Å². The average molecular weight is 279 g/mol. The SMILES string of the molecule is Cc1cc(C)n2cc(CSC(C)CC(=O)O)nc2n1. The minimum Gasteiger partial charge on any atom is -0.481 e. The molecule has 1 unspecified atom stereocenters. The summed E-state index contributed by atoms with van der Waals surface area (Å²) in [4.78, 5) is 19.5. The second kappa shape index (κ2) is 5.61. The zero-order valence-electron chi connectivity index (χ0n) is 11.3. The van der Waals surface area contributed by atoms with Crippen LogP contribution in [0.25, 0.3) is 5.78 Å². The van der Waals surface area contributed by atoms with Gasteiger partial charge in [0.15, 0.2) is 0 Å². The number of thioether (sulfide) groups is 1. The van der Waals surface area contributed by atoms with Gasteiger partial charge in [-0.05, 0) is 19.9 Å². The number of aliphatic carboxylic acids is 1. The van der Waals surface area contributed by atoms with Crippen molar-refractivity contribution in [3.05, 3.63) is 29.3 Å². The molecule has 5 nitrogen and oxygen atoms in total. The fourth-order valence-electron chi connectivity index (χ4n) is 1.92. The molecule has 0 aliphatic rings. The quantitative estimate of drug-likeness (QED) is 0.910. The lowest BCUT2D eigenvalue weighted by Crippen LogP contribution is -2.05. The molecule has 2 aromatic heterocycles. The first-order chi connectivity index (χ1) is 8.95. The van der Waals surface area contributed by atoms with Gasteiger partial charge < -0.3 is 5.11 Å². The third kappa shape index (κ3) is 3.47. The molecule has 0 fully saturated rings. The van der Waals surface area contributed by atoms with Crippen LogP contribution in [0.2, 0.25) is 0 Å². The van der Waals surface area contributed by atoms with Gasteiger partial charge >= 0.3 is 5.97 Å². The van der Waals surface area contributed by atoms with Gasteiger partial charge in [0.2, 0.25) is 5.78 Å². The molecular formula is C13H17N3O2S. The molecule has 0 aliphatic heterocycles. The Kier molecular flexibility index (Phi) is 4.09. The minimum absolute atomic E-state index is 0.0816. The van der Waals surface area contributed by atoms with E-state index >= 15 is 0 Å². The Labute approximate surface area is 116 Å². The van der Waals surface area contributed by atoms with E-state index in [1.807, 2.05) is 37.4 Å². The van der Waals surface area contributed by atoms with Crippen LogP contribution in [-0.4, -0.2) is 30.7 Å². The number of hydrogen-bond acceptors (Lipinski definition) is 4. The average Bonchev–Trinajstić information content (AvgIpc) is 2.68. The van der Waals surface area contributed by atoms with Crippen molar-refractivity contribution in [3.8, 4) is 0 Å². The zero-order valence-corrected chi connectivity index (χ0v) is 12.1. The number of fused-ring (bicyclic) bond motifs is 1. The molecule has 1 N–H and O–H groups in total. The molecule has 0 saturated heterocycles. The molecule has 2 aromatic rings. The first kappa shape index (κ1) is 13.9. The minimum atomic E-state index is -0.761. The Balaban J connectivity index is 2.10. The van der Waals surface area contributed by atoms with Gasteiger partial charge in [-0.2, -0.15) is 11.8 Å². The maximum Gasteiger partial charge on any atom is 0.304 e. The third-order valence-corrected chi connectivity index (χ3v) is 3.99. The Bertz CT molecular complexity index is 609. The van der Waals surface area contributed by atoms with Crippen molar-refractivity contribution >= 4 is 23.5 Å². The molecule has 6 heteroatoms. The van der Waals surface area contributed by atoms with Crippen LogP contribution in [0.4, 0.5) is 0 Å². The van der Waals surface area contributed by atoms with E-state index in [4.69, 9.17) is 5.11 Å². The van der Waals surface area contributed by atoms with Crippen molar-refractivity contribution in [1.82, 2.24) is 14.4 Å². The molecule has 2 rings (SSSR count). The number of hydrogen-bond donors (Lipinski definition) is 1. The molecule has 1 atom stereocenters. The van der Waals surface area contributed by atoms with Gasteiger partial charge in [0.1, 0.15) is 0 Å². The van der Waals surface area contributed by atoms with E-state index in [0.717, 1.165) is 17.1 Å². The largest absolute Gasteiger partial charge is 0.481 e. The van der Waals surface area contributed by atoms with E-state index in [1.165, 1.54) is 0 Å². The van der Waals surface area contributed by atoms with Gasteiger partial charge in [0, 0.05) is 28.6 Å². The lowest BCUT2D eigenvalue weighted by Gasteiger charge is -2.05.